The first-order valence-corrected chi connectivity index (χ1v) is 21.2. The quantitative estimate of drug-likeness (QED) is 0.161. The lowest BCUT2D eigenvalue weighted by Crippen LogP contribution is -2.28. The van der Waals surface area contributed by atoms with Crippen LogP contribution in [-0.2, 0) is 0 Å². The van der Waals surface area contributed by atoms with E-state index in [2.05, 4.69) is 187 Å². The molecule has 0 fully saturated rings. The van der Waals surface area contributed by atoms with Crippen LogP contribution in [0.5, 0.6) is 0 Å². The Balaban J connectivity index is 1.06. The first kappa shape index (κ1) is 35.8. The lowest BCUT2D eigenvalue weighted by Gasteiger charge is -2.13. The molecule has 0 saturated heterocycles. The zero-order chi connectivity index (χ0) is 41.0. The molecule has 0 saturated carbocycles. The molecule has 8 aromatic carbocycles. The summed E-state index contributed by atoms with van der Waals surface area (Å²) in [6.07, 6.45) is 3.80. The van der Waals surface area contributed by atoms with Gasteiger partial charge in [0.2, 0.25) is 0 Å². The number of nitrogens with zero attached hydrogens (tertiary/aromatic N) is 4. The number of furan rings is 1. The summed E-state index contributed by atoms with van der Waals surface area (Å²) in [5, 5.41) is 4.47. The van der Waals surface area contributed by atoms with Gasteiger partial charge in [-0.25, -0.2) is 15.0 Å². The highest BCUT2D eigenvalue weighted by Gasteiger charge is 2.23. The molecule has 62 heavy (non-hydrogen) atoms. The first-order valence-electron chi connectivity index (χ1n) is 21.2. The summed E-state index contributed by atoms with van der Waals surface area (Å²) in [7, 11) is 0. The fourth-order valence-corrected chi connectivity index (χ4v) is 9.18. The van der Waals surface area contributed by atoms with E-state index in [4.69, 9.17) is 19.4 Å². The number of fused-ring (bicyclic) bond motifs is 7. The van der Waals surface area contributed by atoms with Crippen LogP contribution in [0.25, 0.3) is 106 Å². The Labute approximate surface area is 358 Å². The Morgan fingerprint density at radius 2 is 0.935 bits per heavy atom. The molecule has 0 atom stereocenters. The second-order valence-corrected chi connectivity index (χ2v) is 15.9. The maximum atomic E-state index is 6.79. The van der Waals surface area contributed by atoms with Crippen molar-refractivity contribution in [1.82, 2.24) is 19.5 Å². The average molecular weight is 795 g/mol. The predicted molar refractivity (Wildman–Crippen MR) is 253 cm³/mol. The normalized spacial score (nSPS) is 12.5. The summed E-state index contributed by atoms with van der Waals surface area (Å²) in [5.41, 5.74) is 15.0. The van der Waals surface area contributed by atoms with E-state index >= 15 is 0 Å². The van der Waals surface area contributed by atoms with Crippen LogP contribution >= 0.6 is 0 Å². The standard InChI is InChI=1S/C57H38N4O/c1-4-14-37(15-5-1)39-26-28-42(29-27-39)56-58-55(41-18-8-3-9-19-41)59-57(60-56)48-23-13-25-50-52(48)53-51(62-50)35-34-47-46-22-10-11-24-49(46)61(54(47)53)45-32-30-40(31-33-45)44-21-12-20-43(36-44)38-16-6-2-7-17-38/h1-12,14-22,24-36H,13,23H2. The molecule has 0 amide bonds. The van der Waals surface area contributed by atoms with E-state index in [1.807, 2.05) is 24.3 Å². The highest BCUT2D eigenvalue weighted by atomic mass is 16.3. The second kappa shape index (κ2) is 14.8. The van der Waals surface area contributed by atoms with Gasteiger partial charge in [0.15, 0.2) is 17.5 Å². The monoisotopic (exact) mass is 794 g/mol. The molecular weight excluding hydrogens is 757 g/mol. The Morgan fingerprint density at radius 3 is 1.63 bits per heavy atom. The van der Waals surface area contributed by atoms with Gasteiger partial charge in [-0.2, -0.15) is 0 Å². The van der Waals surface area contributed by atoms with Crippen molar-refractivity contribution in [2.24, 2.45) is 0 Å². The molecule has 0 N–H and O–H groups in total. The molecule has 5 heteroatoms. The van der Waals surface area contributed by atoms with Crippen molar-refractivity contribution in [1.29, 1.82) is 0 Å². The van der Waals surface area contributed by atoms with Crippen molar-refractivity contribution in [2.45, 2.75) is 12.8 Å². The van der Waals surface area contributed by atoms with Crippen LogP contribution < -0.4 is 10.6 Å². The zero-order valence-electron chi connectivity index (χ0n) is 33.7. The number of para-hydroxylation sites is 1. The first-order chi connectivity index (χ1) is 30.7. The van der Waals surface area contributed by atoms with Gasteiger partial charge in [0.25, 0.3) is 0 Å². The van der Waals surface area contributed by atoms with Crippen LogP contribution in [0.1, 0.15) is 18.7 Å². The molecule has 11 aromatic rings. The van der Waals surface area contributed by atoms with Gasteiger partial charge in [0.05, 0.1) is 16.4 Å². The molecule has 1 aliphatic rings. The number of aromatic nitrogens is 4. The highest BCUT2D eigenvalue weighted by Crippen LogP contribution is 2.37. The SMILES string of the molecule is C1=c2oc3ccc4c5ccccc5n(-c5ccc(-c6cccc(-c7ccccc7)c6)cc5)c4c3c2=C(c2nc(-c3ccccc3)nc(-c3ccc(-c4ccccc4)cc3)n2)CC1. The minimum Gasteiger partial charge on any atom is -0.456 e. The Morgan fingerprint density at radius 1 is 0.419 bits per heavy atom. The fraction of sp³-hybridized carbons (Fsp3) is 0.0351. The molecule has 0 radical (unpaired) electrons. The maximum Gasteiger partial charge on any atom is 0.164 e. The van der Waals surface area contributed by atoms with Crippen molar-refractivity contribution in [3.05, 3.63) is 217 Å². The van der Waals surface area contributed by atoms with Gasteiger partial charge in [-0.3, -0.25) is 0 Å². The minimum absolute atomic E-state index is 0.638. The van der Waals surface area contributed by atoms with Crippen LogP contribution in [0.4, 0.5) is 0 Å². The fourth-order valence-electron chi connectivity index (χ4n) is 9.18. The molecule has 5 nitrogen and oxygen atoms in total. The summed E-state index contributed by atoms with van der Waals surface area (Å²) in [6, 6.07) is 70.5. The summed E-state index contributed by atoms with van der Waals surface area (Å²) in [6.45, 7) is 0. The lowest BCUT2D eigenvalue weighted by molar-refractivity contribution is 0.571. The van der Waals surface area contributed by atoms with E-state index < -0.39 is 0 Å². The molecule has 1 aliphatic carbocycles. The average Bonchev–Trinajstić information content (AvgIpc) is 3.91. The maximum absolute atomic E-state index is 6.79. The van der Waals surface area contributed by atoms with Crippen LogP contribution in [-0.4, -0.2) is 19.5 Å². The van der Waals surface area contributed by atoms with E-state index in [1.165, 1.54) is 33.0 Å². The van der Waals surface area contributed by atoms with E-state index in [0.29, 0.717) is 17.5 Å². The van der Waals surface area contributed by atoms with Crippen LogP contribution in [0.15, 0.2) is 205 Å². The number of hydrogen-bond donors (Lipinski definition) is 0. The second-order valence-electron chi connectivity index (χ2n) is 15.9. The molecule has 3 heterocycles. The Kier molecular flexibility index (Phi) is 8.56. The van der Waals surface area contributed by atoms with Crippen molar-refractivity contribution in [3.63, 3.8) is 0 Å². The van der Waals surface area contributed by atoms with Crippen molar-refractivity contribution in [2.75, 3.05) is 0 Å². The summed E-state index contributed by atoms with van der Waals surface area (Å²) >= 11 is 0. The van der Waals surface area contributed by atoms with Crippen molar-refractivity contribution < 1.29 is 4.42 Å². The lowest BCUT2D eigenvalue weighted by atomic mass is 9.98. The van der Waals surface area contributed by atoms with Gasteiger partial charge in [-0.15, -0.1) is 0 Å². The number of hydrogen-bond acceptors (Lipinski definition) is 4. The summed E-state index contributed by atoms with van der Waals surface area (Å²) < 4.78 is 9.19. The predicted octanol–water partition coefficient (Wildman–Crippen LogP) is 12.8. The molecular formula is C57H38N4O. The highest BCUT2D eigenvalue weighted by molar-refractivity contribution is 6.18. The van der Waals surface area contributed by atoms with Gasteiger partial charge in [0.1, 0.15) is 11.0 Å². The Hall–Kier alpha value is -8.15. The van der Waals surface area contributed by atoms with Gasteiger partial charge in [-0.1, -0.05) is 164 Å². The summed E-state index contributed by atoms with van der Waals surface area (Å²) in [4.78, 5) is 15.6. The van der Waals surface area contributed by atoms with E-state index in [9.17, 15) is 0 Å². The van der Waals surface area contributed by atoms with Crippen molar-refractivity contribution >= 4 is 44.4 Å². The third kappa shape index (κ3) is 6.13. The van der Waals surface area contributed by atoms with E-state index in [0.717, 1.165) is 79.0 Å². The van der Waals surface area contributed by atoms with Crippen molar-refractivity contribution in [3.8, 4) is 61.8 Å². The number of rotatable bonds is 7. The van der Waals surface area contributed by atoms with Gasteiger partial charge >= 0.3 is 0 Å². The molecule has 3 aromatic heterocycles. The van der Waals surface area contributed by atoms with Crippen LogP contribution in [0, 0.1) is 0 Å². The molecule has 0 bridgehead atoms. The van der Waals surface area contributed by atoms with Gasteiger partial charge in [0, 0.05) is 38.4 Å². The Bertz CT molecular complexity index is 3590. The minimum atomic E-state index is 0.638. The van der Waals surface area contributed by atoms with E-state index in [-0.39, 0.29) is 0 Å². The van der Waals surface area contributed by atoms with Crippen LogP contribution in [0.2, 0.25) is 0 Å². The molecule has 0 aliphatic heterocycles. The topological polar surface area (TPSA) is 56.7 Å². The third-order valence-corrected chi connectivity index (χ3v) is 12.2. The van der Waals surface area contributed by atoms with Gasteiger partial charge in [-0.05, 0) is 88.7 Å². The van der Waals surface area contributed by atoms with E-state index in [1.54, 1.807) is 0 Å². The molecule has 292 valence electrons. The largest absolute Gasteiger partial charge is 0.456 e. The summed E-state index contributed by atoms with van der Waals surface area (Å²) in [5.74, 6) is 1.95. The van der Waals surface area contributed by atoms with Gasteiger partial charge < -0.3 is 8.98 Å². The number of benzene rings is 8. The zero-order valence-corrected chi connectivity index (χ0v) is 33.7. The van der Waals surface area contributed by atoms with Crippen LogP contribution in [0.3, 0.4) is 0 Å². The third-order valence-electron chi connectivity index (χ3n) is 12.2. The molecule has 0 unspecified atom stereocenters. The smallest absolute Gasteiger partial charge is 0.164 e. The molecule has 0 spiro atoms. The molecule has 12 rings (SSSR count).